The van der Waals surface area contributed by atoms with Gasteiger partial charge in [0.15, 0.2) is 0 Å². The summed E-state index contributed by atoms with van der Waals surface area (Å²) in [6.45, 7) is 6.13. The number of nitrogens with one attached hydrogen (secondary N) is 2. The summed E-state index contributed by atoms with van der Waals surface area (Å²) in [5, 5.41) is 10.9. The van der Waals surface area contributed by atoms with Gasteiger partial charge in [-0.3, -0.25) is 0 Å². The Morgan fingerprint density at radius 1 is 1.00 bits per heavy atom. The molecule has 2 N–H and O–H groups in total. The highest BCUT2D eigenvalue weighted by Crippen LogP contribution is 2.32. The molecule has 2 aromatic carbocycles. The number of fused-ring (bicyclic) bond motifs is 1. The van der Waals surface area contributed by atoms with Gasteiger partial charge in [-0.05, 0) is 68.8 Å². The minimum absolute atomic E-state index is 0.311. The molecule has 4 aromatic rings. The van der Waals surface area contributed by atoms with Crippen LogP contribution in [-0.2, 0) is 11.2 Å². The van der Waals surface area contributed by atoms with E-state index in [1.165, 1.54) is 6.33 Å². The van der Waals surface area contributed by atoms with Gasteiger partial charge < -0.3 is 15.4 Å². The van der Waals surface area contributed by atoms with Crippen LogP contribution in [0.4, 0.5) is 16.2 Å². The van der Waals surface area contributed by atoms with E-state index in [4.69, 9.17) is 4.74 Å². The maximum Gasteiger partial charge on any atom is 0.338 e. The summed E-state index contributed by atoms with van der Waals surface area (Å²) in [6, 6.07) is 13.7. The molecule has 0 unspecified atom stereocenters. The maximum absolute atomic E-state index is 12.4. The topological polar surface area (TPSA) is 111 Å². The third kappa shape index (κ3) is 5.18. The highest BCUT2D eigenvalue weighted by atomic mass is 32.2. The normalized spacial score (nSPS) is 10.8. The molecule has 0 saturated carbocycles. The number of amides is 2. The number of aromatic nitrogens is 4. The summed E-state index contributed by atoms with van der Waals surface area (Å²) >= 11 is 1.58. The molecule has 9 nitrogen and oxygen atoms in total. The molecule has 0 radical (unpaired) electrons. The molecule has 2 amide bonds. The molecule has 0 spiro atoms. The van der Waals surface area contributed by atoms with E-state index in [9.17, 15) is 9.59 Å². The number of anilines is 2. The van der Waals surface area contributed by atoms with Crippen LogP contribution < -0.4 is 10.6 Å². The van der Waals surface area contributed by atoms with Crippen molar-refractivity contribution in [1.82, 2.24) is 19.6 Å². The lowest BCUT2D eigenvalue weighted by Crippen LogP contribution is -2.19. The lowest BCUT2D eigenvalue weighted by molar-refractivity contribution is 0.0526. The minimum Gasteiger partial charge on any atom is -0.462 e. The molecule has 4 rings (SSSR count). The molecule has 10 heteroatoms. The van der Waals surface area contributed by atoms with Crippen LogP contribution in [0.5, 0.6) is 0 Å². The van der Waals surface area contributed by atoms with E-state index in [-0.39, 0.29) is 6.03 Å². The fourth-order valence-electron chi connectivity index (χ4n) is 3.38. The number of esters is 1. The molecular weight excluding hydrogens is 452 g/mol. The van der Waals surface area contributed by atoms with Gasteiger partial charge in [-0.15, -0.1) is 0 Å². The van der Waals surface area contributed by atoms with Crippen molar-refractivity contribution in [2.75, 3.05) is 17.2 Å². The van der Waals surface area contributed by atoms with Gasteiger partial charge in [0.1, 0.15) is 11.4 Å². The largest absolute Gasteiger partial charge is 0.462 e. The Morgan fingerprint density at radius 3 is 2.26 bits per heavy atom. The first-order chi connectivity index (χ1) is 16.5. The van der Waals surface area contributed by atoms with E-state index >= 15 is 0 Å². The number of carbonyl (C=O) groups is 2. The van der Waals surface area contributed by atoms with Gasteiger partial charge in [0.25, 0.3) is 5.78 Å². The zero-order valence-corrected chi connectivity index (χ0v) is 19.8. The molecule has 0 aliphatic heterocycles. The molecule has 0 aliphatic carbocycles. The van der Waals surface area contributed by atoms with Gasteiger partial charge in [0, 0.05) is 27.5 Å². The molecule has 0 saturated heterocycles. The Bertz CT molecular complexity index is 1320. The van der Waals surface area contributed by atoms with Gasteiger partial charge in [0.2, 0.25) is 0 Å². The Balaban J connectivity index is 1.41. The average Bonchev–Trinajstić information content (AvgIpc) is 3.29. The lowest BCUT2D eigenvalue weighted by Gasteiger charge is -2.12. The third-order valence-electron chi connectivity index (χ3n) is 5.02. The van der Waals surface area contributed by atoms with Crippen LogP contribution in [0.15, 0.2) is 64.8 Å². The molecule has 2 heterocycles. The van der Waals surface area contributed by atoms with E-state index in [1.54, 1.807) is 47.5 Å². The second-order valence-electron chi connectivity index (χ2n) is 7.31. The van der Waals surface area contributed by atoms with Crippen molar-refractivity contribution in [2.45, 2.75) is 37.1 Å². The quantitative estimate of drug-likeness (QED) is 0.286. The highest BCUT2D eigenvalue weighted by molar-refractivity contribution is 7.99. The van der Waals surface area contributed by atoms with E-state index in [0.29, 0.717) is 29.3 Å². The zero-order chi connectivity index (χ0) is 24.1. The van der Waals surface area contributed by atoms with Crippen molar-refractivity contribution in [3.8, 4) is 0 Å². The van der Waals surface area contributed by atoms with Crippen molar-refractivity contribution in [3.05, 3.63) is 71.7 Å². The van der Waals surface area contributed by atoms with E-state index in [2.05, 4.69) is 32.6 Å². The molecule has 0 aliphatic rings. The fourth-order valence-corrected chi connectivity index (χ4v) is 4.51. The summed E-state index contributed by atoms with van der Waals surface area (Å²) < 4.78 is 6.71. The minimum atomic E-state index is -0.394. The summed E-state index contributed by atoms with van der Waals surface area (Å²) in [5.41, 5.74) is 3.71. The molecule has 0 bridgehead atoms. The molecule has 34 heavy (non-hydrogen) atoms. The fraction of sp³-hybridized carbons (Fsp3) is 0.208. The molecule has 0 fully saturated rings. The van der Waals surface area contributed by atoms with Crippen LogP contribution >= 0.6 is 11.8 Å². The molecule has 2 aromatic heterocycles. The zero-order valence-electron chi connectivity index (χ0n) is 19.0. The Hall–Kier alpha value is -3.92. The van der Waals surface area contributed by atoms with Crippen molar-refractivity contribution in [2.24, 2.45) is 0 Å². The van der Waals surface area contributed by atoms with Gasteiger partial charge in [-0.25, -0.2) is 14.6 Å². The van der Waals surface area contributed by atoms with Gasteiger partial charge >= 0.3 is 12.0 Å². The average molecular weight is 477 g/mol. The number of ether oxygens (including phenoxy) is 1. The number of urea groups is 1. The van der Waals surface area contributed by atoms with Crippen molar-refractivity contribution < 1.29 is 14.3 Å². The summed E-state index contributed by atoms with van der Waals surface area (Å²) in [7, 11) is 0. The van der Waals surface area contributed by atoms with E-state index in [0.717, 1.165) is 27.6 Å². The second kappa shape index (κ2) is 10.3. The van der Waals surface area contributed by atoms with Crippen LogP contribution in [0.3, 0.4) is 0 Å². The van der Waals surface area contributed by atoms with Crippen LogP contribution in [0.2, 0.25) is 0 Å². The van der Waals surface area contributed by atoms with Crippen LogP contribution in [-0.4, -0.2) is 38.2 Å². The number of rotatable bonds is 7. The molecule has 0 atom stereocenters. The monoisotopic (exact) mass is 476 g/mol. The smallest absolute Gasteiger partial charge is 0.338 e. The van der Waals surface area contributed by atoms with Gasteiger partial charge in [-0.1, -0.05) is 18.7 Å². The van der Waals surface area contributed by atoms with Gasteiger partial charge in [0.05, 0.1) is 12.2 Å². The molecule has 174 valence electrons. The Kier molecular flexibility index (Phi) is 7.07. The van der Waals surface area contributed by atoms with Crippen molar-refractivity contribution in [1.29, 1.82) is 0 Å². The number of carbonyl (C=O) groups excluding carboxylic acids is 2. The predicted molar refractivity (Wildman–Crippen MR) is 131 cm³/mol. The lowest BCUT2D eigenvalue weighted by atomic mass is 10.2. The number of hydrogen-bond donors (Lipinski definition) is 2. The number of hydrogen-bond acceptors (Lipinski definition) is 7. The Labute approximate surface area is 201 Å². The standard InChI is InChI=1S/C24H24N6O3S/c1-4-20-15(3)27-23-25-14-26-30(23)21(20)34-19-12-10-18(11-13-19)29-24(32)28-17-8-6-16(7-9-17)22(31)33-5-2/h6-14H,4-5H2,1-3H3,(H2,28,29,32). The van der Waals surface area contributed by atoms with Crippen LogP contribution in [0.25, 0.3) is 5.78 Å². The highest BCUT2D eigenvalue weighted by Gasteiger charge is 2.15. The summed E-state index contributed by atoms with van der Waals surface area (Å²) in [6.07, 6.45) is 2.33. The first kappa shape index (κ1) is 23.2. The predicted octanol–water partition coefficient (Wildman–Crippen LogP) is 4.97. The summed E-state index contributed by atoms with van der Waals surface area (Å²) in [4.78, 5) is 33.8. The number of nitrogens with zero attached hydrogens (tertiary/aromatic N) is 4. The maximum atomic E-state index is 12.4. The number of benzene rings is 2. The van der Waals surface area contributed by atoms with Gasteiger partial charge in [-0.2, -0.15) is 14.6 Å². The SMILES string of the molecule is CCOC(=O)c1ccc(NC(=O)Nc2ccc(Sc3c(CC)c(C)nc4ncnn34)cc2)cc1. The van der Waals surface area contributed by atoms with Crippen molar-refractivity contribution >= 4 is 40.9 Å². The first-order valence-corrected chi connectivity index (χ1v) is 11.6. The van der Waals surface area contributed by atoms with E-state index in [1.807, 2.05) is 31.2 Å². The Morgan fingerprint density at radius 2 is 1.65 bits per heavy atom. The first-order valence-electron chi connectivity index (χ1n) is 10.8. The third-order valence-corrected chi connectivity index (χ3v) is 6.14. The number of aryl methyl sites for hydroxylation is 1. The van der Waals surface area contributed by atoms with Crippen LogP contribution in [0, 0.1) is 6.92 Å². The van der Waals surface area contributed by atoms with E-state index < -0.39 is 5.97 Å². The van der Waals surface area contributed by atoms with Crippen LogP contribution in [0.1, 0.15) is 35.5 Å². The van der Waals surface area contributed by atoms with Crippen molar-refractivity contribution in [3.63, 3.8) is 0 Å². The second-order valence-corrected chi connectivity index (χ2v) is 8.37. The molecular formula is C24H24N6O3S. The summed E-state index contributed by atoms with van der Waals surface area (Å²) in [5.74, 6) is 0.177.